The smallest absolute Gasteiger partial charge is 0.273 e. The second-order valence-corrected chi connectivity index (χ2v) is 7.24. The number of pyridine rings is 1. The predicted molar refractivity (Wildman–Crippen MR) is 102 cm³/mol. The van der Waals surface area contributed by atoms with E-state index in [1.54, 1.807) is 17.5 Å². The largest absolute Gasteiger partial charge is 0.328 e. The fraction of sp³-hybridized carbons (Fsp3) is 0.250. The highest BCUT2D eigenvalue weighted by molar-refractivity contribution is 7.09. The minimum atomic E-state index is -0.00998. The van der Waals surface area contributed by atoms with Gasteiger partial charge in [-0.15, -0.1) is 11.3 Å². The number of benzene rings is 1. The molecule has 5 nitrogen and oxygen atoms in total. The Morgan fingerprint density at radius 1 is 1.23 bits per heavy atom. The molecule has 1 aromatic carbocycles. The highest BCUT2D eigenvalue weighted by atomic mass is 32.1. The highest BCUT2D eigenvalue weighted by Crippen LogP contribution is 2.24. The number of amides is 1. The second-order valence-electron chi connectivity index (χ2n) is 6.29. The van der Waals surface area contributed by atoms with Crippen molar-refractivity contribution in [3.05, 3.63) is 82.1 Å². The first kappa shape index (κ1) is 16.9. The van der Waals surface area contributed by atoms with Gasteiger partial charge in [-0.25, -0.2) is 4.98 Å². The fourth-order valence-corrected chi connectivity index (χ4v) is 4.03. The molecule has 1 fully saturated rings. The third kappa shape index (κ3) is 3.66. The minimum Gasteiger partial charge on any atom is -0.328 e. The Balaban J connectivity index is 1.53. The van der Waals surface area contributed by atoms with Crippen molar-refractivity contribution in [2.45, 2.75) is 12.5 Å². The van der Waals surface area contributed by atoms with Crippen LogP contribution in [0.4, 0.5) is 0 Å². The third-order valence-electron chi connectivity index (χ3n) is 4.54. The quantitative estimate of drug-likeness (QED) is 0.773. The van der Waals surface area contributed by atoms with Crippen LogP contribution in [0.5, 0.6) is 0 Å². The molecule has 3 heterocycles. The Bertz CT molecular complexity index is 866. The Labute approximate surface area is 156 Å². The van der Waals surface area contributed by atoms with Gasteiger partial charge in [-0.05, 0) is 17.2 Å². The van der Waals surface area contributed by atoms with Gasteiger partial charge in [0.25, 0.3) is 5.91 Å². The van der Waals surface area contributed by atoms with Gasteiger partial charge < -0.3 is 10.2 Å². The van der Waals surface area contributed by atoms with E-state index in [0.717, 1.165) is 30.1 Å². The van der Waals surface area contributed by atoms with Gasteiger partial charge >= 0.3 is 0 Å². The number of hydrogen-bond acceptors (Lipinski definition) is 5. The summed E-state index contributed by atoms with van der Waals surface area (Å²) in [7, 11) is 0. The SMILES string of the molecule is O=C(c1csc(Cc2ccccc2)n1)N1CCNCC1c1cccnc1. The van der Waals surface area contributed by atoms with Crippen LogP contribution in [0.1, 0.15) is 32.7 Å². The number of carbonyl (C=O) groups is 1. The number of aromatic nitrogens is 2. The average Bonchev–Trinajstić information content (AvgIpc) is 3.17. The van der Waals surface area contributed by atoms with Crippen molar-refractivity contribution >= 4 is 17.2 Å². The molecular weight excluding hydrogens is 344 g/mol. The standard InChI is InChI=1S/C20H20N4OS/c25-20(17-14-26-19(23-17)11-15-5-2-1-3-6-15)24-10-9-22-13-18(24)16-7-4-8-21-12-16/h1-8,12,14,18,22H,9-11,13H2. The highest BCUT2D eigenvalue weighted by Gasteiger charge is 2.29. The molecule has 1 aliphatic rings. The lowest BCUT2D eigenvalue weighted by molar-refractivity contribution is 0.0628. The van der Waals surface area contributed by atoms with Crippen LogP contribution >= 0.6 is 11.3 Å². The molecule has 1 unspecified atom stereocenters. The maximum Gasteiger partial charge on any atom is 0.273 e. The van der Waals surface area contributed by atoms with Gasteiger partial charge in [-0.1, -0.05) is 36.4 Å². The molecule has 132 valence electrons. The van der Waals surface area contributed by atoms with Gasteiger partial charge in [0.05, 0.1) is 11.0 Å². The first-order chi connectivity index (χ1) is 12.8. The molecule has 6 heteroatoms. The minimum absolute atomic E-state index is 0.00378. The molecule has 0 spiro atoms. The van der Waals surface area contributed by atoms with Crippen molar-refractivity contribution < 1.29 is 4.79 Å². The molecule has 1 N–H and O–H groups in total. The first-order valence-corrected chi connectivity index (χ1v) is 9.59. The molecule has 2 aromatic heterocycles. The molecule has 1 saturated heterocycles. The summed E-state index contributed by atoms with van der Waals surface area (Å²) in [6.45, 7) is 2.20. The molecule has 0 aliphatic carbocycles. The maximum atomic E-state index is 13.1. The molecule has 3 aromatic rings. The second kappa shape index (κ2) is 7.76. The molecule has 4 rings (SSSR count). The van der Waals surface area contributed by atoms with E-state index in [2.05, 4.69) is 27.4 Å². The van der Waals surface area contributed by atoms with Crippen LogP contribution in [0.3, 0.4) is 0 Å². The normalized spacial score (nSPS) is 17.2. The summed E-state index contributed by atoms with van der Waals surface area (Å²) in [5.41, 5.74) is 2.79. The van der Waals surface area contributed by atoms with E-state index in [1.165, 1.54) is 5.56 Å². The van der Waals surface area contributed by atoms with Gasteiger partial charge in [0.15, 0.2) is 0 Å². The topological polar surface area (TPSA) is 58.1 Å². The van der Waals surface area contributed by atoms with Gasteiger partial charge in [0.1, 0.15) is 5.69 Å². The van der Waals surface area contributed by atoms with Gasteiger partial charge in [-0.3, -0.25) is 9.78 Å². The van der Waals surface area contributed by atoms with Gasteiger partial charge in [0, 0.05) is 43.8 Å². The zero-order chi connectivity index (χ0) is 17.8. The van der Waals surface area contributed by atoms with Gasteiger partial charge in [-0.2, -0.15) is 0 Å². The Hall–Kier alpha value is -2.57. The van der Waals surface area contributed by atoms with Crippen molar-refractivity contribution in [1.82, 2.24) is 20.2 Å². The van der Waals surface area contributed by atoms with Crippen molar-refractivity contribution in [1.29, 1.82) is 0 Å². The summed E-state index contributed by atoms with van der Waals surface area (Å²) >= 11 is 1.55. The summed E-state index contributed by atoms with van der Waals surface area (Å²) in [6.07, 6.45) is 4.34. The zero-order valence-corrected chi connectivity index (χ0v) is 15.2. The average molecular weight is 364 g/mol. The number of nitrogens with one attached hydrogen (secondary N) is 1. The summed E-state index contributed by atoms with van der Waals surface area (Å²) in [6, 6.07) is 14.1. The number of hydrogen-bond donors (Lipinski definition) is 1. The van der Waals surface area contributed by atoms with E-state index < -0.39 is 0 Å². The summed E-state index contributed by atoms with van der Waals surface area (Å²) < 4.78 is 0. The first-order valence-electron chi connectivity index (χ1n) is 8.71. The van der Waals surface area contributed by atoms with Crippen LogP contribution in [0.15, 0.2) is 60.2 Å². The molecule has 0 saturated carbocycles. The lowest BCUT2D eigenvalue weighted by Crippen LogP contribution is -2.48. The van der Waals surface area contributed by atoms with Crippen LogP contribution in [-0.2, 0) is 6.42 Å². The van der Waals surface area contributed by atoms with Crippen LogP contribution in [0.25, 0.3) is 0 Å². The molecule has 0 radical (unpaired) electrons. The van der Waals surface area contributed by atoms with Crippen LogP contribution in [0.2, 0.25) is 0 Å². The van der Waals surface area contributed by atoms with Crippen molar-refractivity contribution in [3.63, 3.8) is 0 Å². The number of piperazine rings is 1. The van der Waals surface area contributed by atoms with Crippen molar-refractivity contribution in [3.8, 4) is 0 Å². The fourth-order valence-electron chi connectivity index (χ4n) is 3.23. The van der Waals surface area contributed by atoms with Crippen LogP contribution < -0.4 is 5.32 Å². The van der Waals surface area contributed by atoms with Crippen molar-refractivity contribution in [2.24, 2.45) is 0 Å². The van der Waals surface area contributed by atoms with E-state index in [4.69, 9.17) is 0 Å². The molecule has 1 amide bonds. The third-order valence-corrected chi connectivity index (χ3v) is 5.39. The molecule has 1 aliphatic heterocycles. The monoisotopic (exact) mass is 364 g/mol. The number of thiazole rings is 1. The molecule has 1 atom stereocenters. The number of carbonyl (C=O) groups excluding carboxylic acids is 1. The summed E-state index contributed by atoms with van der Waals surface area (Å²) in [5.74, 6) is -0.00378. The molecule has 0 bridgehead atoms. The zero-order valence-electron chi connectivity index (χ0n) is 14.3. The van der Waals surface area contributed by atoms with E-state index in [0.29, 0.717) is 12.2 Å². The van der Waals surface area contributed by atoms with Crippen LogP contribution in [0, 0.1) is 0 Å². The van der Waals surface area contributed by atoms with Gasteiger partial charge in [0.2, 0.25) is 0 Å². The lowest BCUT2D eigenvalue weighted by atomic mass is 10.0. The van der Waals surface area contributed by atoms with E-state index >= 15 is 0 Å². The lowest BCUT2D eigenvalue weighted by Gasteiger charge is -2.36. The van der Waals surface area contributed by atoms with Crippen LogP contribution in [-0.4, -0.2) is 40.4 Å². The number of nitrogens with zero attached hydrogens (tertiary/aromatic N) is 3. The number of rotatable bonds is 4. The van der Waals surface area contributed by atoms with Crippen molar-refractivity contribution in [2.75, 3.05) is 19.6 Å². The summed E-state index contributed by atoms with van der Waals surface area (Å²) in [5, 5.41) is 6.21. The predicted octanol–water partition coefficient (Wildman–Crippen LogP) is 2.92. The Kier molecular flexibility index (Phi) is 5.04. The van der Waals surface area contributed by atoms with E-state index in [9.17, 15) is 4.79 Å². The Morgan fingerprint density at radius 3 is 2.92 bits per heavy atom. The molecular formula is C20H20N4OS. The molecule has 26 heavy (non-hydrogen) atoms. The summed E-state index contributed by atoms with van der Waals surface area (Å²) in [4.78, 5) is 23.8. The maximum absolute atomic E-state index is 13.1. The van der Waals surface area contributed by atoms with E-state index in [1.807, 2.05) is 46.8 Å². The van der Waals surface area contributed by atoms with E-state index in [-0.39, 0.29) is 11.9 Å². The Morgan fingerprint density at radius 2 is 2.12 bits per heavy atom.